The summed E-state index contributed by atoms with van der Waals surface area (Å²) in [6, 6.07) is 0. The summed E-state index contributed by atoms with van der Waals surface area (Å²) < 4.78 is 37.4. The second-order valence-corrected chi connectivity index (χ2v) is 18.4. The third-order valence-corrected chi connectivity index (χ3v) is 15.6. The second-order valence-electron chi connectivity index (χ2n) is 18.4. The molecule has 280 valence electrons. The molecule has 7 fully saturated rings. The molecule has 5 saturated carbocycles. The Morgan fingerprint density at radius 2 is 1.44 bits per heavy atom. The van der Waals surface area contributed by atoms with E-state index < -0.39 is 77.1 Å². The van der Waals surface area contributed by atoms with Crippen molar-refractivity contribution in [3.05, 3.63) is 0 Å². The smallest absolute Gasteiger partial charge is 0.332 e. The maximum Gasteiger partial charge on any atom is 0.332 e. The van der Waals surface area contributed by atoms with E-state index in [9.17, 15) is 24.3 Å². The third kappa shape index (κ3) is 4.62. The summed E-state index contributed by atoms with van der Waals surface area (Å²) in [5.74, 6) is -3.68. The molecule has 12 atom stereocenters. The van der Waals surface area contributed by atoms with Crippen LogP contribution in [0.5, 0.6) is 0 Å². The number of esters is 3. The molecular formula is C38H56O12. The zero-order valence-corrected chi connectivity index (χ0v) is 30.9. The molecule has 0 unspecified atom stereocenters. The number of aliphatic hydroxyl groups is 1. The molecule has 7 aliphatic rings. The van der Waals surface area contributed by atoms with Crippen LogP contribution in [0.2, 0.25) is 0 Å². The lowest BCUT2D eigenvalue weighted by Crippen LogP contribution is -2.63. The lowest BCUT2D eigenvalue weighted by molar-refractivity contribution is -0.316. The number of ether oxygens (including phenoxy) is 6. The molecule has 0 aromatic heterocycles. The van der Waals surface area contributed by atoms with Crippen LogP contribution in [0.25, 0.3) is 0 Å². The quantitative estimate of drug-likeness (QED) is 0.268. The van der Waals surface area contributed by atoms with Gasteiger partial charge >= 0.3 is 23.9 Å². The normalized spacial score (nSPS) is 48.0. The highest BCUT2D eigenvalue weighted by Gasteiger charge is 2.88. The Hall–Kier alpha value is -2.28. The Morgan fingerprint density at radius 1 is 0.800 bits per heavy atom. The number of carboxylic acids is 1. The van der Waals surface area contributed by atoms with Gasteiger partial charge in [-0.2, -0.15) is 0 Å². The van der Waals surface area contributed by atoms with E-state index in [0.29, 0.717) is 25.9 Å². The van der Waals surface area contributed by atoms with E-state index >= 15 is 0 Å². The van der Waals surface area contributed by atoms with Crippen LogP contribution in [0.1, 0.15) is 113 Å². The zero-order chi connectivity index (χ0) is 36.5. The number of fused-ring (bicyclic) bond motifs is 4. The van der Waals surface area contributed by atoms with Gasteiger partial charge in [0.2, 0.25) is 0 Å². The average Bonchev–Trinajstić information content (AvgIpc) is 3.48. The van der Waals surface area contributed by atoms with Gasteiger partial charge < -0.3 is 38.6 Å². The highest BCUT2D eigenvalue weighted by molar-refractivity contribution is 5.72. The van der Waals surface area contributed by atoms with Crippen molar-refractivity contribution in [3.8, 4) is 0 Å². The van der Waals surface area contributed by atoms with Crippen LogP contribution >= 0.6 is 0 Å². The molecule has 2 bridgehead atoms. The van der Waals surface area contributed by atoms with Gasteiger partial charge in [-0.3, -0.25) is 9.59 Å². The molecule has 0 amide bonds. The lowest BCUT2D eigenvalue weighted by Gasteiger charge is -2.64. The summed E-state index contributed by atoms with van der Waals surface area (Å²) in [6.45, 7) is 14.3. The molecular weight excluding hydrogens is 648 g/mol. The molecule has 0 radical (unpaired) electrons. The summed E-state index contributed by atoms with van der Waals surface area (Å²) in [6.07, 6.45) is 5.41. The SMILES string of the molecule is CC(=O)O[C@H]1[C@@H](OC(C)=O)[C@@]2(C)[C@@H]3CC[C@H]4C(C)(C)[C@@H](OC(=O)COCC(=O)O)CC[C@@]45C[C@@]35CC[C@@]23CO[C@@]2(C(C)(C)O)CC[C@](C)(O2)[C@@H]13. The molecule has 2 saturated heterocycles. The first-order valence-corrected chi connectivity index (χ1v) is 18.5. The van der Waals surface area contributed by atoms with Gasteiger partial charge in [0, 0.05) is 42.4 Å². The number of rotatable bonds is 8. The van der Waals surface area contributed by atoms with Crippen molar-refractivity contribution in [1.29, 1.82) is 0 Å². The zero-order valence-electron chi connectivity index (χ0n) is 30.9. The standard InChI is InChI=1S/C38H56O12/c1-21(39)47-28-29-33(7)13-16-38(50-33,32(5,6)44)46-20-37(29)15-14-36-19-35(36)12-11-25(49-27(43)18-45-17-26(41)42)31(3,4)23(35)9-10-24(36)34(37,8)30(28)48-22(2)40/h23-25,28-30,44H,9-20H2,1-8H3,(H,41,42)/t23-,24-,25-,28+,29+,30+,33-,34+,35+,36-,37-,38-/m0/s1. The Kier molecular flexibility index (Phi) is 8.03. The molecule has 12 nitrogen and oxygen atoms in total. The van der Waals surface area contributed by atoms with E-state index in [4.69, 9.17) is 33.5 Å². The highest BCUT2D eigenvalue weighted by atomic mass is 16.7. The van der Waals surface area contributed by atoms with Crippen molar-refractivity contribution < 1.29 is 57.8 Å². The van der Waals surface area contributed by atoms with Gasteiger partial charge in [0.25, 0.3) is 0 Å². The fourth-order valence-electron chi connectivity index (χ4n) is 13.8. The van der Waals surface area contributed by atoms with Gasteiger partial charge in [-0.05, 0) is 94.8 Å². The van der Waals surface area contributed by atoms with Gasteiger partial charge in [-0.15, -0.1) is 0 Å². The van der Waals surface area contributed by atoms with Crippen molar-refractivity contribution >= 4 is 23.9 Å². The monoisotopic (exact) mass is 704 g/mol. The molecule has 50 heavy (non-hydrogen) atoms. The van der Waals surface area contributed by atoms with E-state index in [-0.39, 0.29) is 40.1 Å². The Morgan fingerprint density at radius 3 is 2.08 bits per heavy atom. The van der Waals surface area contributed by atoms with Gasteiger partial charge in [0.15, 0.2) is 5.79 Å². The first-order valence-electron chi connectivity index (χ1n) is 18.5. The van der Waals surface area contributed by atoms with Gasteiger partial charge in [0.1, 0.15) is 37.1 Å². The number of aliphatic carboxylic acids is 1. The number of hydrogen-bond donors (Lipinski definition) is 2. The Labute approximate surface area is 294 Å². The van der Waals surface area contributed by atoms with Crippen LogP contribution in [0.3, 0.4) is 0 Å². The van der Waals surface area contributed by atoms with E-state index in [1.54, 1.807) is 13.8 Å². The van der Waals surface area contributed by atoms with Crippen molar-refractivity contribution in [2.24, 2.45) is 44.8 Å². The largest absolute Gasteiger partial charge is 0.480 e. The van der Waals surface area contributed by atoms with Crippen LogP contribution in [0, 0.1) is 44.8 Å². The summed E-state index contributed by atoms with van der Waals surface area (Å²) >= 11 is 0. The van der Waals surface area contributed by atoms with Crippen LogP contribution in [-0.2, 0) is 47.6 Å². The molecule has 2 N–H and O–H groups in total. The molecule has 7 rings (SSSR count). The van der Waals surface area contributed by atoms with Crippen molar-refractivity contribution in [3.63, 3.8) is 0 Å². The van der Waals surface area contributed by atoms with Crippen LogP contribution in [0.4, 0.5) is 0 Å². The van der Waals surface area contributed by atoms with E-state index in [1.165, 1.54) is 13.8 Å². The lowest BCUT2D eigenvalue weighted by atomic mass is 9.41. The highest BCUT2D eigenvalue weighted by Crippen LogP contribution is 2.90. The molecule has 12 heteroatoms. The molecule has 2 aliphatic heterocycles. The minimum atomic E-state index is -1.28. The molecule has 5 aliphatic carbocycles. The minimum Gasteiger partial charge on any atom is -0.480 e. The second kappa shape index (κ2) is 11.1. The van der Waals surface area contributed by atoms with E-state index in [1.807, 2.05) is 0 Å². The topological polar surface area (TPSA) is 164 Å². The number of carbonyl (C=O) groups excluding carboxylic acids is 3. The summed E-state index contributed by atoms with van der Waals surface area (Å²) in [5.41, 5.74) is -3.66. The number of carbonyl (C=O) groups is 4. The van der Waals surface area contributed by atoms with Gasteiger partial charge in [-0.1, -0.05) is 20.8 Å². The fraction of sp³-hybridized carbons (Fsp3) is 0.895. The maximum atomic E-state index is 13.0. The van der Waals surface area contributed by atoms with E-state index in [2.05, 4.69) is 27.7 Å². The Bertz CT molecular complexity index is 1470. The first kappa shape index (κ1) is 36.1. The molecule has 0 aromatic carbocycles. The van der Waals surface area contributed by atoms with Gasteiger partial charge in [-0.25, -0.2) is 9.59 Å². The van der Waals surface area contributed by atoms with Crippen LogP contribution in [0.15, 0.2) is 0 Å². The first-order chi connectivity index (χ1) is 23.1. The molecule has 3 spiro atoms. The minimum absolute atomic E-state index is 0.0157. The van der Waals surface area contributed by atoms with Crippen molar-refractivity contribution in [1.82, 2.24) is 0 Å². The summed E-state index contributed by atoms with van der Waals surface area (Å²) in [5, 5.41) is 20.3. The predicted molar refractivity (Wildman–Crippen MR) is 175 cm³/mol. The van der Waals surface area contributed by atoms with Gasteiger partial charge in [0.05, 0.1) is 12.2 Å². The maximum absolute atomic E-state index is 13.0. The fourth-order valence-corrected chi connectivity index (χ4v) is 13.8. The van der Waals surface area contributed by atoms with Crippen LogP contribution in [-0.4, -0.2) is 89.2 Å². The molecule has 0 aromatic rings. The average molecular weight is 705 g/mol. The summed E-state index contributed by atoms with van der Waals surface area (Å²) in [7, 11) is 0. The van der Waals surface area contributed by atoms with E-state index in [0.717, 1.165) is 38.5 Å². The number of hydrogen-bond acceptors (Lipinski definition) is 11. The summed E-state index contributed by atoms with van der Waals surface area (Å²) in [4.78, 5) is 49.5. The Balaban J connectivity index is 1.26. The van der Waals surface area contributed by atoms with Crippen molar-refractivity contribution in [2.45, 2.75) is 148 Å². The van der Waals surface area contributed by atoms with Crippen LogP contribution < -0.4 is 0 Å². The number of carboxylic acid groups (broad SMARTS) is 1. The third-order valence-electron chi connectivity index (χ3n) is 15.6. The predicted octanol–water partition coefficient (Wildman–Crippen LogP) is 4.57. The van der Waals surface area contributed by atoms with Crippen molar-refractivity contribution in [2.75, 3.05) is 19.8 Å². The molecule has 2 heterocycles.